The molecule has 1 N–H and O–H groups in total. The van der Waals surface area contributed by atoms with Gasteiger partial charge in [-0.25, -0.2) is 14.6 Å². The van der Waals surface area contributed by atoms with Crippen molar-refractivity contribution in [2.75, 3.05) is 33.5 Å². The molecule has 0 saturated carbocycles. The Labute approximate surface area is 239 Å². The summed E-state index contributed by atoms with van der Waals surface area (Å²) in [5, 5.41) is 8.94. The van der Waals surface area contributed by atoms with Crippen molar-refractivity contribution < 1.29 is 38.4 Å². The fraction of sp³-hybridized carbons (Fsp3) is 0.310. The average molecular weight is 583 g/mol. The van der Waals surface area contributed by atoms with Crippen molar-refractivity contribution in [3.8, 4) is 23.0 Å². The number of thiazole rings is 1. The molecule has 4 rings (SSSR count). The zero-order chi connectivity index (χ0) is 29.5. The van der Waals surface area contributed by atoms with Gasteiger partial charge in [-0.1, -0.05) is 23.5 Å². The number of hydrogen-bond donors (Lipinski definition) is 1. The minimum Gasteiger partial charge on any atom is -0.490 e. The van der Waals surface area contributed by atoms with Crippen LogP contribution in [0.2, 0.25) is 0 Å². The number of carbonyl (C=O) groups excluding carboxylic acids is 1. The van der Waals surface area contributed by atoms with Gasteiger partial charge in [0.2, 0.25) is 0 Å². The lowest BCUT2D eigenvalue weighted by Gasteiger charge is -2.23. The van der Waals surface area contributed by atoms with E-state index >= 15 is 0 Å². The van der Waals surface area contributed by atoms with E-state index in [9.17, 15) is 14.4 Å². The Morgan fingerprint density at radius 1 is 0.951 bits per heavy atom. The first kappa shape index (κ1) is 29.4. The van der Waals surface area contributed by atoms with Crippen LogP contribution in [0.25, 0.3) is 6.08 Å². The minimum atomic E-state index is -1.11. The van der Waals surface area contributed by atoms with Gasteiger partial charge in [-0.15, -0.1) is 0 Å². The van der Waals surface area contributed by atoms with Crippen molar-refractivity contribution in [3.05, 3.63) is 79.0 Å². The first-order valence-electron chi connectivity index (χ1n) is 12.9. The number of esters is 1. The maximum absolute atomic E-state index is 13.8. The summed E-state index contributed by atoms with van der Waals surface area (Å²) < 4.78 is 29.3. The van der Waals surface area contributed by atoms with Gasteiger partial charge in [-0.3, -0.25) is 9.36 Å². The number of ether oxygens (including phenoxy) is 5. The SMILES string of the molecule is CCOc1ccc([C@@H]2C(C(=O)OC)=CN=c3s/c(=C\c4ccc(OCC(=O)O)c(OCC)c4)c(=O)n32)cc1OCC. The molecular weight excluding hydrogens is 552 g/mol. The Hall–Kier alpha value is -4.58. The topological polar surface area (TPSA) is 135 Å². The predicted molar refractivity (Wildman–Crippen MR) is 151 cm³/mol. The van der Waals surface area contributed by atoms with Crippen LogP contribution in [0.1, 0.15) is 37.9 Å². The van der Waals surface area contributed by atoms with Crippen molar-refractivity contribution in [1.82, 2.24) is 4.57 Å². The molecule has 1 atom stereocenters. The Kier molecular flexibility index (Phi) is 9.45. The second-order valence-electron chi connectivity index (χ2n) is 8.57. The predicted octanol–water partition coefficient (Wildman–Crippen LogP) is 2.68. The summed E-state index contributed by atoms with van der Waals surface area (Å²) in [6.45, 7) is 6.17. The van der Waals surface area contributed by atoms with Crippen molar-refractivity contribution in [2.24, 2.45) is 4.99 Å². The largest absolute Gasteiger partial charge is 0.490 e. The number of nitrogens with zero attached hydrogens (tertiary/aromatic N) is 2. The third kappa shape index (κ3) is 6.43. The molecule has 0 aliphatic carbocycles. The first-order chi connectivity index (χ1) is 19.8. The molecule has 1 aliphatic heterocycles. The van der Waals surface area contributed by atoms with E-state index in [1.165, 1.54) is 29.2 Å². The van der Waals surface area contributed by atoms with Gasteiger partial charge in [-0.05, 0) is 62.2 Å². The Morgan fingerprint density at radius 2 is 1.59 bits per heavy atom. The Bertz CT molecular complexity index is 1660. The second kappa shape index (κ2) is 13.2. The molecule has 2 heterocycles. The van der Waals surface area contributed by atoms with E-state index in [1.54, 1.807) is 49.4 Å². The van der Waals surface area contributed by atoms with E-state index in [0.29, 0.717) is 57.5 Å². The Morgan fingerprint density at radius 3 is 2.24 bits per heavy atom. The molecule has 3 aromatic rings. The van der Waals surface area contributed by atoms with Crippen molar-refractivity contribution in [1.29, 1.82) is 0 Å². The number of benzene rings is 2. The number of fused-ring (bicyclic) bond motifs is 1. The van der Waals surface area contributed by atoms with E-state index in [1.807, 2.05) is 13.8 Å². The molecule has 0 saturated heterocycles. The molecule has 2 aromatic carbocycles. The number of aliphatic carboxylic acids is 1. The van der Waals surface area contributed by atoms with E-state index in [0.717, 1.165) is 0 Å². The highest BCUT2D eigenvalue weighted by Crippen LogP contribution is 2.35. The lowest BCUT2D eigenvalue weighted by atomic mass is 9.97. The van der Waals surface area contributed by atoms with Crippen LogP contribution in [0.5, 0.6) is 23.0 Å². The quantitative estimate of drug-likeness (QED) is 0.320. The van der Waals surface area contributed by atoms with Crippen LogP contribution in [0.4, 0.5) is 0 Å². The van der Waals surface area contributed by atoms with Crippen LogP contribution in [-0.4, -0.2) is 55.1 Å². The summed E-state index contributed by atoms with van der Waals surface area (Å²) >= 11 is 1.17. The fourth-order valence-corrected chi connectivity index (χ4v) is 5.25. The molecule has 216 valence electrons. The minimum absolute atomic E-state index is 0.191. The summed E-state index contributed by atoms with van der Waals surface area (Å²) in [7, 11) is 1.27. The van der Waals surface area contributed by atoms with Crippen LogP contribution in [0.3, 0.4) is 0 Å². The molecule has 1 aromatic heterocycles. The molecule has 0 spiro atoms. The lowest BCUT2D eigenvalue weighted by molar-refractivity contribution is -0.139. The van der Waals surface area contributed by atoms with E-state index in [-0.39, 0.29) is 16.9 Å². The van der Waals surface area contributed by atoms with Gasteiger partial charge >= 0.3 is 11.9 Å². The monoisotopic (exact) mass is 582 g/mol. The molecule has 0 radical (unpaired) electrons. The van der Waals surface area contributed by atoms with Crippen LogP contribution >= 0.6 is 11.3 Å². The van der Waals surface area contributed by atoms with Crippen LogP contribution in [0, 0.1) is 0 Å². The molecule has 12 heteroatoms. The van der Waals surface area contributed by atoms with Crippen molar-refractivity contribution in [3.63, 3.8) is 0 Å². The maximum atomic E-state index is 13.8. The summed E-state index contributed by atoms with van der Waals surface area (Å²) in [5.41, 5.74) is 1.08. The molecule has 0 amide bonds. The zero-order valence-electron chi connectivity index (χ0n) is 23.0. The van der Waals surface area contributed by atoms with Gasteiger partial charge in [0, 0.05) is 6.20 Å². The smallest absolute Gasteiger partial charge is 0.341 e. The standard InChI is InChI=1S/C29H30N2O9S/c1-5-37-20-11-9-18(14-23(20)39-7-3)26-19(28(35)36-4)15-30-29-31(26)27(34)24(41-29)13-17-8-10-21(40-16-25(32)33)22(12-17)38-6-2/h8-15,26H,5-7,16H2,1-4H3,(H,32,33)/b24-13-/t26-/m1/s1. The van der Waals surface area contributed by atoms with E-state index in [2.05, 4.69) is 4.99 Å². The van der Waals surface area contributed by atoms with Crippen LogP contribution in [-0.2, 0) is 14.3 Å². The molecule has 0 bridgehead atoms. The maximum Gasteiger partial charge on any atom is 0.341 e. The van der Waals surface area contributed by atoms with Crippen LogP contribution < -0.4 is 33.8 Å². The number of carboxylic acids is 1. The van der Waals surface area contributed by atoms with E-state index in [4.69, 9.17) is 28.8 Å². The van der Waals surface area contributed by atoms with Gasteiger partial charge in [0.15, 0.2) is 34.4 Å². The Balaban J connectivity index is 1.83. The molecule has 0 fully saturated rings. The van der Waals surface area contributed by atoms with Gasteiger partial charge in [-0.2, -0.15) is 0 Å². The number of carboxylic acid groups (broad SMARTS) is 1. The zero-order valence-corrected chi connectivity index (χ0v) is 23.9. The normalized spacial score (nSPS) is 14.4. The average Bonchev–Trinajstić information content (AvgIpc) is 3.27. The molecule has 11 nitrogen and oxygen atoms in total. The van der Waals surface area contributed by atoms with Gasteiger partial charge in [0.25, 0.3) is 5.56 Å². The summed E-state index contributed by atoms with van der Waals surface area (Å²) in [6.07, 6.45) is 3.10. The summed E-state index contributed by atoms with van der Waals surface area (Å²) in [4.78, 5) is 42.3. The van der Waals surface area contributed by atoms with Gasteiger partial charge < -0.3 is 28.8 Å². The van der Waals surface area contributed by atoms with Crippen molar-refractivity contribution in [2.45, 2.75) is 26.8 Å². The third-order valence-electron chi connectivity index (χ3n) is 5.92. The van der Waals surface area contributed by atoms with Gasteiger partial charge in [0.05, 0.1) is 43.1 Å². The number of aromatic nitrogens is 1. The van der Waals surface area contributed by atoms with E-state index < -0.39 is 24.6 Å². The highest BCUT2D eigenvalue weighted by atomic mass is 32.1. The second-order valence-corrected chi connectivity index (χ2v) is 9.58. The fourth-order valence-electron chi connectivity index (χ4n) is 4.28. The first-order valence-corrected chi connectivity index (χ1v) is 13.7. The highest BCUT2D eigenvalue weighted by molar-refractivity contribution is 7.07. The lowest BCUT2D eigenvalue weighted by Crippen LogP contribution is -2.39. The molecule has 41 heavy (non-hydrogen) atoms. The summed E-state index contributed by atoms with van der Waals surface area (Å²) in [5.74, 6) is -0.0633. The summed E-state index contributed by atoms with van der Waals surface area (Å²) in [6, 6.07) is 9.40. The molecule has 1 aliphatic rings. The van der Waals surface area contributed by atoms with Gasteiger partial charge in [0.1, 0.15) is 0 Å². The number of carbonyl (C=O) groups is 2. The highest BCUT2D eigenvalue weighted by Gasteiger charge is 2.31. The molecule has 0 unspecified atom stereocenters. The van der Waals surface area contributed by atoms with Crippen LogP contribution in [0.15, 0.2) is 58.0 Å². The third-order valence-corrected chi connectivity index (χ3v) is 6.92. The number of hydrogen-bond acceptors (Lipinski definition) is 10. The molecular formula is C29H30N2O9S. The van der Waals surface area contributed by atoms with Crippen molar-refractivity contribution >= 4 is 29.4 Å². The number of methoxy groups -OCH3 is 1. The number of rotatable bonds is 12.